The first-order valence-electron chi connectivity index (χ1n) is 12.3. The summed E-state index contributed by atoms with van der Waals surface area (Å²) in [6, 6.07) is 21.3. The monoisotopic (exact) mass is 541 g/mol. The van der Waals surface area contributed by atoms with Gasteiger partial charge in [-0.1, -0.05) is 66.2 Å². The van der Waals surface area contributed by atoms with Crippen molar-refractivity contribution in [2.75, 3.05) is 17.7 Å². The smallest absolute Gasteiger partial charge is 0.235 e. The molecule has 0 aliphatic heterocycles. The largest absolute Gasteiger partial charge is 0.480 e. The van der Waals surface area contributed by atoms with Crippen LogP contribution in [0.4, 0.5) is 15.8 Å². The second-order valence-corrected chi connectivity index (χ2v) is 9.32. The third-order valence-corrected chi connectivity index (χ3v) is 6.73. The molecule has 0 fully saturated rings. The Morgan fingerprint density at radius 3 is 2.54 bits per heavy atom. The molecule has 8 nitrogen and oxygen atoms in total. The number of halogens is 2. The molecule has 0 aliphatic rings. The van der Waals surface area contributed by atoms with E-state index in [0.717, 1.165) is 17.5 Å². The average Bonchev–Trinajstić information content (AvgIpc) is 3.44. The molecule has 10 heteroatoms. The Bertz CT molecular complexity index is 1630. The first-order chi connectivity index (χ1) is 19.0. The second-order valence-electron chi connectivity index (χ2n) is 8.88. The lowest BCUT2D eigenvalue weighted by atomic mass is 10.0. The predicted molar refractivity (Wildman–Crippen MR) is 149 cm³/mol. The van der Waals surface area contributed by atoms with Crippen LogP contribution in [0, 0.1) is 17.1 Å². The summed E-state index contributed by atoms with van der Waals surface area (Å²) < 4.78 is 19.2. The van der Waals surface area contributed by atoms with Gasteiger partial charge in [0.25, 0.3) is 0 Å². The molecule has 5 aromatic rings. The van der Waals surface area contributed by atoms with E-state index in [9.17, 15) is 9.65 Å². The van der Waals surface area contributed by atoms with Crippen LogP contribution in [0.3, 0.4) is 0 Å². The number of aromatic nitrogens is 4. The van der Waals surface area contributed by atoms with Gasteiger partial charge >= 0.3 is 0 Å². The third kappa shape index (κ3) is 5.33. The minimum absolute atomic E-state index is 0.0364. The lowest BCUT2D eigenvalue weighted by Crippen LogP contribution is -2.15. The topological polar surface area (TPSA) is 112 Å². The molecular formula is C29H25ClFN7O. The number of hydrogen-bond donors (Lipinski definition) is 3. The number of hydrogen-bond acceptors (Lipinski definition) is 7. The van der Waals surface area contributed by atoms with Crippen molar-refractivity contribution in [2.45, 2.75) is 25.4 Å². The maximum Gasteiger partial charge on any atom is 0.235 e. The van der Waals surface area contributed by atoms with Gasteiger partial charge in [-0.3, -0.25) is 4.98 Å². The molecule has 2 atom stereocenters. The van der Waals surface area contributed by atoms with Gasteiger partial charge in [-0.2, -0.15) is 5.26 Å². The lowest BCUT2D eigenvalue weighted by Gasteiger charge is -2.23. The van der Waals surface area contributed by atoms with E-state index >= 15 is 0 Å². The van der Waals surface area contributed by atoms with Gasteiger partial charge in [-0.15, -0.1) is 5.10 Å². The van der Waals surface area contributed by atoms with Crippen LogP contribution in [0.25, 0.3) is 10.9 Å². The fourth-order valence-electron chi connectivity index (χ4n) is 4.58. The average molecular weight is 542 g/mol. The van der Waals surface area contributed by atoms with Crippen molar-refractivity contribution in [3.63, 3.8) is 0 Å². The molecule has 39 heavy (non-hydrogen) atoms. The van der Waals surface area contributed by atoms with Crippen molar-refractivity contribution >= 4 is 33.9 Å². The molecule has 1 unspecified atom stereocenters. The maximum atomic E-state index is 13.8. The van der Waals surface area contributed by atoms with E-state index in [1.165, 1.54) is 19.2 Å². The first-order valence-corrected chi connectivity index (χ1v) is 12.7. The number of nitriles is 1. The number of fused-ring (bicyclic) bond motifs is 1. The Morgan fingerprint density at radius 1 is 1.08 bits per heavy atom. The Morgan fingerprint density at radius 2 is 1.85 bits per heavy atom. The van der Waals surface area contributed by atoms with Crippen LogP contribution in [0.2, 0.25) is 5.02 Å². The van der Waals surface area contributed by atoms with Gasteiger partial charge in [0.1, 0.15) is 17.9 Å². The van der Waals surface area contributed by atoms with E-state index in [0.29, 0.717) is 44.4 Å². The number of ether oxygens (including phenoxy) is 1. The van der Waals surface area contributed by atoms with Gasteiger partial charge in [0.2, 0.25) is 5.88 Å². The number of pyridine rings is 1. The molecule has 0 saturated carbocycles. The molecule has 196 valence electrons. The Hall–Kier alpha value is -4.68. The Balaban J connectivity index is 1.63. The molecule has 0 saturated heterocycles. The molecule has 0 spiro atoms. The molecule has 3 aromatic carbocycles. The summed E-state index contributed by atoms with van der Waals surface area (Å²) in [6.45, 7) is 2.08. The van der Waals surface area contributed by atoms with Crippen molar-refractivity contribution in [3.05, 3.63) is 106 Å². The van der Waals surface area contributed by atoms with E-state index in [-0.39, 0.29) is 11.9 Å². The van der Waals surface area contributed by atoms with Crippen LogP contribution >= 0.6 is 11.6 Å². The van der Waals surface area contributed by atoms with Crippen LogP contribution in [-0.2, 0) is 0 Å². The zero-order valence-corrected chi connectivity index (χ0v) is 22.0. The molecule has 2 heterocycles. The summed E-state index contributed by atoms with van der Waals surface area (Å²) in [5, 5.41) is 28.9. The van der Waals surface area contributed by atoms with Crippen molar-refractivity contribution in [3.8, 4) is 11.9 Å². The van der Waals surface area contributed by atoms with E-state index < -0.39 is 6.04 Å². The maximum absolute atomic E-state index is 13.8. The minimum Gasteiger partial charge on any atom is -0.480 e. The quantitative estimate of drug-likeness (QED) is 0.188. The highest BCUT2D eigenvalue weighted by atomic mass is 35.5. The SMILES string of the molecule is CC[C@@H](Nc1c(C#N)cnc2c(NC(c3ccc(F)cc3)c3nn[nH]c3OC)cc(Cl)cc12)c1ccccc1. The summed E-state index contributed by atoms with van der Waals surface area (Å²) in [6.07, 6.45) is 2.34. The molecule has 0 amide bonds. The summed E-state index contributed by atoms with van der Waals surface area (Å²) >= 11 is 6.63. The fourth-order valence-corrected chi connectivity index (χ4v) is 4.80. The van der Waals surface area contributed by atoms with Crippen molar-refractivity contribution in [1.29, 1.82) is 5.26 Å². The van der Waals surface area contributed by atoms with Gasteiger partial charge in [0.05, 0.1) is 35.6 Å². The number of methoxy groups -OCH3 is 1. The van der Waals surface area contributed by atoms with Gasteiger partial charge in [0, 0.05) is 16.6 Å². The van der Waals surface area contributed by atoms with Gasteiger partial charge in [-0.05, 0) is 41.8 Å². The van der Waals surface area contributed by atoms with Crippen molar-refractivity contribution in [1.82, 2.24) is 20.4 Å². The standard InChI is InChI=1S/C29H25ClFN7O/c1-3-23(17-7-5-4-6-8-17)34-25-19(15-32)16-33-27-22(25)13-20(30)14-24(27)35-26(18-9-11-21(31)12-10-18)28-29(39-2)37-38-36-28/h4-14,16,23,26,35H,3H2,1-2H3,(H,33,34)(H,36,37,38)/t23-,26?/m1/s1. The van der Waals surface area contributed by atoms with Gasteiger partial charge in [0.15, 0.2) is 5.69 Å². The summed E-state index contributed by atoms with van der Waals surface area (Å²) in [4.78, 5) is 4.63. The molecule has 5 rings (SSSR count). The summed E-state index contributed by atoms with van der Waals surface area (Å²) in [7, 11) is 1.51. The molecule has 3 N–H and O–H groups in total. The van der Waals surface area contributed by atoms with Crippen molar-refractivity contribution < 1.29 is 9.13 Å². The highest BCUT2D eigenvalue weighted by molar-refractivity contribution is 6.32. The number of nitrogens with one attached hydrogen (secondary N) is 3. The summed E-state index contributed by atoms with van der Waals surface area (Å²) in [5.41, 5.74) is 4.52. The van der Waals surface area contributed by atoms with E-state index in [2.05, 4.69) is 56.2 Å². The number of H-pyrrole nitrogens is 1. The van der Waals surface area contributed by atoms with Crippen LogP contribution in [-0.4, -0.2) is 27.5 Å². The number of anilines is 2. The van der Waals surface area contributed by atoms with Crippen LogP contribution in [0.5, 0.6) is 5.88 Å². The zero-order chi connectivity index (χ0) is 27.4. The number of nitrogens with zero attached hydrogens (tertiary/aromatic N) is 4. The number of benzene rings is 3. The number of aromatic amines is 1. The van der Waals surface area contributed by atoms with Crippen molar-refractivity contribution in [2.24, 2.45) is 0 Å². The van der Waals surface area contributed by atoms with Gasteiger partial charge < -0.3 is 15.4 Å². The van der Waals surface area contributed by atoms with Crippen LogP contribution in [0.1, 0.15) is 47.8 Å². The number of rotatable bonds is 9. The molecule has 0 aliphatic carbocycles. The predicted octanol–water partition coefficient (Wildman–Crippen LogP) is 6.79. The summed E-state index contributed by atoms with van der Waals surface area (Å²) in [5.74, 6) is 0.00187. The van der Waals surface area contributed by atoms with E-state index in [4.69, 9.17) is 16.3 Å². The lowest BCUT2D eigenvalue weighted by molar-refractivity contribution is 0.391. The Labute approximate surface area is 229 Å². The zero-order valence-electron chi connectivity index (χ0n) is 21.2. The molecule has 0 bridgehead atoms. The second kappa shape index (κ2) is 11.4. The molecule has 0 radical (unpaired) electrons. The van der Waals surface area contributed by atoms with Gasteiger partial charge in [-0.25, -0.2) is 9.49 Å². The molecular weight excluding hydrogens is 517 g/mol. The normalized spacial score (nSPS) is 12.5. The highest BCUT2D eigenvalue weighted by Gasteiger charge is 2.25. The third-order valence-electron chi connectivity index (χ3n) is 6.51. The van der Waals surface area contributed by atoms with Crippen LogP contribution in [0.15, 0.2) is 72.9 Å². The molecule has 2 aromatic heterocycles. The van der Waals surface area contributed by atoms with E-state index in [1.54, 1.807) is 30.5 Å². The highest BCUT2D eigenvalue weighted by Crippen LogP contribution is 2.38. The fraction of sp³-hybridized carbons (Fsp3) is 0.172. The Kier molecular flexibility index (Phi) is 7.57. The minimum atomic E-state index is -0.581. The van der Waals surface area contributed by atoms with E-state index in [1.807, 2.05) is 18.2 Å². The van der Waals surface area contributed by atoms with Crippen LogP contribution < -0.4 is 15.4 Å². The first kappa shape index (κ1) is 25.9.